The van der Waals surface area contributed by atoms with Crippen molar-refractivity contribution in [3.63, 3.8) is 0 Å². The molecule has 1 unspecified atom stereocenters. The molecule has 3 N–H and O–H groups in total. The number of ether oxygens (including phenoxy) is 1. The molecule has 1 aromatic carbocycles. The van der Waals surface area contributed by atoms with E-state index in [9.17, 15) is 0 Å². The van der Waals surface area contributed by atoms with Gasteiger partial charge in [0.05, 0.1) is 23.9 Å². The van der Waals surface area contributed by atoms with Crippen LogP contribution in [0.2, 0.25) is 5.02 Å². The maximum absolute atomic E-state index is 5.99. The molecule has 18 heavy (non-hydrogen) atoms. The van der Waals surface area contributed by atoms with Crippen LogP contribution in [0.4, 0.5) is 0 Å². The first kappa shape index (κ1) is 12.8. The number of aromatic nitrogens is 2. The van der Waals surface area contributed by atoms with Crippen LogP contribution in [-0.4, -0.2) is 17.1 Å². The Morgan fingerprint density at radius 3 is 2.83 bits per heavy atom. The molecule has 1 atom stereocenters. The van der Waals surface area contributed by atoms with Gasteiger partial charge in [0.25, 0.3) is 0 Å². The lowest BCUT2D eigenvalue weighted by atomic mass is 10.0. The molecule has 0 radical (unpaired) electrons. The summed E-state index contributed by atoms with van der Waals surface area (Å²) in [6.07, 6.45) is 3.15. The predicted molar refractivity (Wildman–Crippen MR) is 69.2 cm³/mol. The second-order valence-corrected chi connectivity index (χ2v) is 4.04. The van der Waals surface area contributed by atoms with Gasteiger partial charge in [-0.3, -0.25) is 5.84 Å². The maximum atomic E-state index is 5.99. The Morgan fingerprint density at radius 1 is 1.39 bits per heavy atom. The van der Waals surface area contributed by atoms with Gasteiger partial charge in [-0.15, -0.1) is 0 Å². The number of benzene rings is 1. The molecule has 94 valence electrons. The van der Waals surface area contributed by atoms with Gasteiger partial charge >= 0.3 is 0 Å². The number of rotatable bonds is 4. The highest BCUT2D eigenvalue weighted by Gasteiger charge is 2.15. The molecular formula is C12H13ClN4O. The molecule has 0 saturated carbocycles. The van der Waals surface area contributed by atoms with Crippen molar-refractivity contribution >= 4 is 11.6 Å². The lowest BCUT2D eigenvalue weighted by Gasteiger charge is -2.16. The normalized spacial score (nSPS) is 12.2. The SMILES string of the molecule is COc1cc(C(NN)c2ccncn2)ccc1Cl. The quantitative estimate of drug-likeness (QED) is 0.649. The van der Waals surface area contributed by atoms with Gasteiger partial charge in [-0.05, 0) is 23.8 Å². The van der Waals surface area contributed by atoms with E-state index in [2.05, 4.69) is 15.4 Å². The van der Waals surface area contributed by atoms with Crippen LogP contribution in [0.1, 0.15) is 17.3 Å². The van der Waals surface area contributed by atoms with Gasteiger partial charge in [-0.1, -0.05) is 17.7 Å². The summed E-state index contributed by atoms with van der Waals surface area (Å²) in [4.78, 5) is 8.05. The minimum Gasteiger partial charge on any atom is -0.495 e. The number of hydrogen-bond donors (Lipinski definition) is 2. The number of nitrogens with one attached hydrogen (secondary N) is 1. The topological polar surface area (TPSA) is 73.1 Å². The predicted octanol–water partition coefficient (Wildman–Crippen LogP) is 1.69. The van der Waals surface area contributed by atoms with Gasteiger partial charge < -0.3 is 4.74 Å². The first-order chi connectivity index (χ1) is 8.76. The van der Waals surface area contributed by atoms with Gasteiger partial charge in [0.1, 0.15) is 12.1 Å². The average Bonchev–Trinajstić information content (AvgIpc) is 2.42. The smallest absolute Gasteiger partial charge is 0.137 e. The first-order valence-electron chi connectivity index (χ1n) is 5.31. The Morgan fingerprint density at radius 2 is 2.22 bits per heavy atom. The van der Waals surface area contributed by atoms with Crippen LogP contribution in [-0.2, 0) is 0 Å². The van der Waals surface area contributed by atoms with Crippen LogP contribution >= 0.6 is 11.6 Å². The third kappa shape index (κ3) is 2.59. The highest BCUT2D eigenvalue weighted by Crippen LogP contribution is 2.29. The van der Waals surface area contributed by atoms with Gasteiger partial charge in [0, 0.05) is 6.20 Å². The van der Waals surface area contributed by atoms with E-state index in [1.165, 1.54) is 6.33 Å². The minimum atomic E-state index is -0.237. The molecule has 5 nitrogen and oxygen atoms in total. The highest BCUT2D eigenvalue weighted by atomic mass is 35.5. The van der Waals surface area contributed by atoms with E-state index in [0.717, 1.165) is 11.3 Å². The second-order valence-electron chi connectivity index (χ2n) is 3.63. The Labute approximate surface area is 110 Å². The first-order valence-corrected chi connectivity index (χ1v) is 5.69. The molecule has 0 aliphatic heterocycles. The van der Waals surface area contributed by atoms with E-state index in [4.69, 9.17) is 22.2 Å². The average molecular weight is 265 g/mol. The zero-order valence-electron chi connectivity index (χ0n) is 9.80. The van der Waals surface area contributed by atoms with Crippen molar-refractivity contribution in [2.75, 3.05) is 7.11 Å². The molecule has 1 heterocycles. The van der Waals surface area contributed by atoms with Crippen LogP contribution in [0, 0.1) is 0 Å². The van der Waals surface area contributed by atoms with Gasteiger partial charge in [0.2, 0.25) is 0 Å². The number of methoxy groups -OCH3 is 1. The minimum absolute atomic E-state index is 0.237. The van der Waals surface area contributed by atoms with Crippen molar-refractivity contribution in [1.29, 1.82) is 0 Å². The second kappa shape index (κ2) is 5.77. The Bertz CT molecular complexity index is 521. The molecule has 0 aliphatic rings. The standard InChI is InChI=1S/C12H13ClN4O/c1-18-11-6-8(2-3-9(11)13)12(17-14)10-4-5-15-7-16-10/h2-7,12,17H,14H2,1H3. The van der Waals surface area contributed by atoms with E-state index >= 15 is 0 Å². The summed E-state index contributed by atoms with van der Waals surface area (Å²) in [5.74, 6) is 6.18. The number of hydrazine groups is 1. The van der Waals surface area contributed by atoms with Crippen molar-refractivity contribution < 1.29 is 4.74 Å². The van der Waals surface area contributed by atoms with Crippen LogP contribution in [0.15, 0.2) is 36.8 Å². The molecule has 0 amide bonds. The molecule has 0 bridgehead atoms. The van der Waals surface area contributed by atoms with Crippen molar-refractivity contribution in [2.45, 2.75) is 6.04 Å². The summed E-state index contributed by atoms with van der Waals surface area (Å²) in [7, 11) is 1.57. The van der Waals surface area contributed by atoms with E-state index < -0.39 is 0 Å². The van der Waals surface area contributed by atoms with Gasteiger partial charge in [-0.2, -0.15) is 0 Å². The van der Waals surface area contributed by atoms with Crippen LogP contribution in [0.5, 0.6) is 5.75 Å². The van der Waals surface area contributed by atoms with E-state index in [1.54, 1.807) is 25.4 Å². The zero-order valence-corrected chi connectivity index (χ0v) is 10.6. The van der Waals surface area contributed by atoms with Gasteiger partial charge in [-0.25, -0.2) is 15.4 Å². The van der Waals surface area contributed by atoms with Crippen molar-refractivity contribution in [1.82, 2.24) is 15.4 Å². The molecule has 0 aliphatic carbocycles. The van der Waals surface area contributed by atoms with Crippen molar-refractivity contribution in [2.24, 2.45) is 5.84 Å². The molecule has 2 aromatic rings. The monoisotopic (exact) mass is 264 g/mol. The number of nitrogens with zero attached hydrogens (tertiary/aromatic N) is 2. The van der Waals surface area contributed by atoms with Crippen molar-refractivity contribution in [3.8, 4) is 5.75 Å². The summed E-state index contributed by atoms with van der Waals surface area (Å²) in [6.45, 7) is 0. The molecule has 0 saturated heterocycles. The zero-order chi connectivity index (χ0) is 13.0. The fraction of sp³-hybridized carbons (Fsp3) is 0.167. The summed E-state index contributed by atoms with van der Waals surface area (Å²) in [5, 5.41) is 0.555. The summed E-state index contributed by atoms with van der Waals surface area (Å²) in [6, 6.07) is 7.03. The van der Waals surface area contributed by atoms with E-state index in [0.29, 0.717) is 10.8 Å². The molecule has 2 rings (SSSR count). The Hall–Kier alpha value is -1.69. The number of nitrogens with two attached hydrogens (primary N) is 1. The van der Waals surface area contributed by atoms with E-state index in [-0.39, 0.29) is 6.04 Å². The molecule has 6 heteroatoms. The number of hydrogen-bond acceptors (Lipinski definition) is 5. The van der Waals surface area contributed by atoms with E-state index in [1.807, 2.05) is 12.1 Å². The largest absolute Gasteiger partial charge is 0.495 e. The van der Waals surface area contributed by atoms with Gasteiger partial charge in [0.15, 0.2) is 0 Å². The third-order valence-electron chi connectivity index (χ3n) is 2.58. The highest BCUT2D eigenvalue weighted by molar-refractivity contribution is 6.32. The van der Waals surface area contributed by atoms with Crippen molar-refractivity contribution in [3.05, 3.63) is 53.1 Å². The van der Waals surface area contributed by atoms with Crippen LogP contribution < -0.4 is 16.0 Å². The molecule has 0 spiro atoms. The molecular weight excluding hydrogens is 252 g/mol. The lowest BCUT2D eigenvalue weighted by Crippen LogP contribution is -2.29. The Balaban J connectivity index is 2.39. The van der Waals surface area contributed by atoms with Crippen LogP contribution in [0.3, 0.4) is 0 Å². The third-order valence-corrected chi connectivity index (χ3v) is 2.89. The summed E-state index contributed by atoms with van der Waals surface area (Å²) in [5.41, 5.74) is 4.41. The molecule has 1 aromatic heterocycles. The summed E-state index contributed by atoms with van der Waals surface area (Å²) >= 11 is 5.99. The fourth-order valence-electron chi connectivity index (χ4n) is 1.68. The fourth-order valence-corrected chi connectivity index (χ4v) is 1.87. The Kier molecular flexibility index (Phi) is 4.09. The maximum Gasteiger partial charge on any atom is 0.137 e. The number of halogens is 1. The molecule has 0 fully saturated rings. The summed E-state index contributed by atoms with van der Waals surface area (Å²) < 4.78 is 5.18. The van der Waals surface area contributed by atoms with Crippen LogP contribution in [0.25, 0.3) is 0 Å². The lowest BCUT2D eigenvalue weighted by molar-refractivity contribution is 0.414.